The molecule has 4 rings (SSSR count). The average molecular weight is 494 g/mol. The zero-order valence-electron chi connectivity index (χ0n) is 20.4. The van der Waals surface area contributed by atoms with Crippen LogP contribution in [0.25, 0.3) is 0 Å². The van der Waals surface area contributed by atoms with Crippen LogP contribution in [0.5, 0.6) is 0 Å². The molecule has 4 N–H and O–H groups in total. The van der Waals surface area contributed by atoms with Crippen molar-refractivity contribution in [3.8, 4) is 0 Å². The van der Waals surface area contributed by atoms with E-state index < -0.39 is 5.91 Å². The number of nitrogens with zero attached hydrogens (tertiary/aromatic N) is 4. The maximum atomic E-state index is 12.9. The fourth-order valence-electron chi connectivity index (χ4n) is 4.48. The Hall–Kier alpha value is -3.99. The molecule has 3 heterocycles. The summed E-state index contributed by atoms with van der Waals surface area (Å²) in [5.41, 5.74) is 6.89. The van der Waals surface area contributed by atoms with Gasteiger partial charge in [-0.3, -0.25) is 14.4 Å². The van der Waals surface area contributed by atoms with E-state index in [-0.39, 0.29) is 41.4 Å². The van der Waals surface area contributed by atoms with Crippen LogP contribution in [0.15, 0.2) is 43.1 Å². The summed E-state index contributed by atoms with van der Waals surface area (Å²) in [6.07, 6.45) is 3.34. The van der Waals surface area contributed by atoms with Gasteiger partial charge >= 0.3 is 0 Å². The fraction of sp³-hybridized carbons (Fsp3) is 0.400. The first-order valence-electron chi connectivity index (χ1n) is 11.9. The zero-order chi connectivity index (χ0) is 25.8. The van der Waals surface area contributed by atoms with Gasteiger partial charge in [0.05, 0.1) is 12.2 Å². The number of hydrogen-bond donors (Lipinski definition) is 3. The predicted molar refractivity (Wildman–Crippen MR) is 135 cm³/mol. The van der Waals surface area contributed by atoms with E-state index in [1.807, 2.05) is 18.7 Å². The van der Waals surface area contributed by atoms with Gasteiger partial charge in [0.2, 0.25) is 11.9 Å². The Kier molecular flexibility index (Phi) is 7.49. The van der Waals surface area contributed by atoms with Crippen LogP contribution >= 0.6 is 0 Å². The van der Waals surface area contributed by atoms with Crippen LogP contribution in [0.2, 0.25) is 0 Å². The Bertz CT molecular complexity index is 1140. The molecule has 2 aromatic rings. The van der Waals surface area contributed by atoms with Crippen molar-refractivity contribution in [3.05, 3.63) is 54.2 Å². The summed E-state index contributed by atoms with van der Waals surface area (Å²) in [6.45, 7) is 9.65. The molecule has 0 aliphatic carbocycles. The number of nitrogens with two attached hydrogens (primary N) is 1. The van der Waals surface area contributed by atoms with Gasteiger partial charge in [0.15, 0.2) is 0 Å². The molecule has 0 bridgehead atoms. The lowest BCUT2D eigenvalue weighted by Crippen LogP contribution is -2.48. The van der Waals surface area contributed by atoms with Crippen molar-refractivity contribution >= 4 is 35.2 Å². The predicted octanol–water partition coefficient (Wildman–Crippen LogP) is 1.45. The zero-order valence-corrected chi connectivity index (χ0v) is 20.4. The number of rotatable bonds is 7. The van der Waals surface area contributed by atoms with E-state index in [2.05, 4.69) is 27.2 Å². The number of ether oxygens (including phenoxy) is 1. The minimum Gasteiger partial charge on any atom is -0.372 e. The molecule has 190 valence electrons. The quantitative estimate of drug-likeness (QED) is 0.492. The van der Waals surface area contributed by atoms with E-state index in [0.29, 0.717) is 43.4 Å². The maximum Gasteiger partial charge on any atom is 0.254 e. The molecule has 36 heavy (non-hydrogen) atoms. The number of hydrogen-bond acceptors (Lipinski definition) is 8. The van der Waals surface area contributed by atoms with E-state index in [0.717, 1.165) is 6.42 Å². The highest BCUT2D eigenvalue weighted by Crippen LogP contribution is 2.24. The van der Waals surface area contributed by atoms with Gasteiger partial charge in [0.25, 0.3) is 11.8 Å². The number of carbonyl (C=O) groups is 3. The third-order valence-electron chi connectivity index (χ3n) is 6.15. The Morgan fingerprint density at radius 3 is 2.47 bits per heavy atom. The summed E-state index contributed by atoms with van der Waals surface area (Å²) in [6, 6.07) is 6.92. The second-order valence-electron chi connectivity index (χ2n) is 9.11. The molecule has 0 saturated carbocycles. The smallest absolute Gasteiger partial charge is 0.254 e. The number of aromatic nitrogens is 2. The number of primary amides is 1. The highest BCUT2D eigenvalue weighted by Gasteiger charge is 2.28. The van der Waals surface area contributed by atoms with E-state index in [1.54, 1.807) is 29.2 Å². The van der Waals surface area contributed by atoms with E-state index in [1.165, 1.54) is 12.3 Å². The largest absolute Gasteiger partial charge is 0.372 e. The third-order valence-corrected chi connectivity index (χ3v) is 6.15. The third kappa shape index (κ3) is 5.80. The Morgan fingerprint density at radius 1 is 1.14 bits per heavy atom. The van der Waals surface area contributed by atoms with Crippen molar-refractivity contribution < 1.29 is 19.1 Å². The van der Waals surface area contributed by atoms with Gasteiger partial charge in [0, 0.05) is 49.7 Å². The van der Waals surface area contributed by atoms with E-state index >= 15 is 0 Å². The molecule has 3 atom stereocenters. The Balaban J connectivity index is 1.48. The second kappa shape index (κ2) is 10.7. The first-order chi connectivity index (χ1) is 17.2. The molecule has 3 amide bonds. The summed E-state index contributed by atoms with van der Waals surface area (Å²) >= 11 is 0. The molecular weight excluding hydrogens is 462 g/mol. The number of nitrogens with one attached hydrogen (secondary N) is 2. The number of morpholine rings is 1. The lowest BCUT2D eigenvalue weighted by atomic mass is 10.1. The molecule has 11 heteroatoms. The van der Waals surface area contributed by atoms with Crippen molar-refractivity contribution in [2.75, 3.05) is 36.4 Å². The van der Waals surface area contributed by atoms with Crippen LogP contribution in [-0.4, -0.2) is 77.0 Å². The van der Waals surface area contributed by atoms with Crippen LogP contribution in [-0.2, 0) is 9.53 Å². The molecule has 2 unspecified atom stereocenters. The molecule has 2 saturated heterocycles. The van der Waals surface area contributed by atoms with Crippen molar-refractivity contribution in [3.63, 3.8) is 0 Å². The summed E-state index contributed by atoms with van der Waals surface area (Å²) in [5.74, 6) is -0.267. The number of anilines is 3. The normalized spacial score (nSPS) is 21.7. The Labute approximate surface area is 209 Å². The topological polar surface area (TPSA) is 143 Å². The average Bonchev–Trinajstić information content (AvgIpc) is 3.31. The van der Waals surface area contributed by atoms with Crippen LogP contribution in [0.1, 0.15) is 41.0 Å². The lowest BCUT2D eigenvalue weighted by Gasteiger charge is -2.35. The minimum atomic E-state index is -0.663. The summed E-state index contributed by atoms with van der Waals surface area (Å²) in [4.78, 5) is 49.1. The van der Waals surface area contributed by atoms with Gasteiger partial charge in [-0.2, -0.15) is 4.98 Å². The lowest BCUT2D eigenvalue weighted by molar-refractivity contribution is -0.117. The van der Waals surface area contributed by atoms with Crippen molar-refractivity contribution in [1.82, 2.24) is 20.2 Å². The first kappa shape index (κ1) is 25.1. The minimum absolute atomic E-state index is 0.0121. The Morgan fingerprint density at radius 2 is 1.83 bits per heavy atom. The molecule has 2 fully saturated rings. The van der Waals surface area contributed by atoms with Crippen molar-refractivity contribution in [2.24, 2.45) is 5.73 Å². The van der Waals surface area contributed by atoms with Crippen LogP contribution < -0.4 is 21.3 Å². The van der Waals surface area contributed by atoms with Gasteiger partial charge in [-0.1, -0.05) is 6.58 Å². The van der Waals surface area contributed by atoms with Crippen molar-refractivity contribution in [1.29, 1.82) is 0 Å². The van der Waals surface area contributed by atoms with Gasteiger partial charge in [-0.05, 0) is 50.6 Å². The highest BCUT2D eigenvalue weighted by atomic mass is 16.5. The second-order valence-corrected chi connectivity index (χ2v) is 9.11. The van der Waals surface area contributed by atoms with Crippen LogP contribution in [0.3, 0.4) is 0 Å². The van der Waals surface area contributed by atoms with Gasteiger partial charge in [0.1, 0.15) is 11.4 Å². The highest BCUT2D eigenvalue weighted by molar-refractivity contribution is 5.98. The molecular formula is C25H31N7O4. The molecule has 1 aromatic carbocycles. The first-order valence-corrected chi connectivity index (χ1v) is 11.9. The van der Waals surface area contributed by atoms with Gasteiger partial charge in [-0.25, -0.2) is 4.98 Å². The SMILES string of the molecule is C=CC(=O)N[C@H]1CCN(c2ncc(C(N)=O)c(Nc3ccc(C(=O)N4CC(C)OC(C)C4)cc3)n2)C1. The van der Waals surface area contributed by atoms with Crippen LogP contribution in [0, 0.1) is 0 Å². The summed E-state index contributed by atoms with van der Waals surface area (Å²) < 4.78 is 5.71. The number of carbonyl (C=O) groups excluding carboxylic acids is 3. The van der Waals surface area contributed by atoms with E-state index in [9.17, 15) is 14.4 Å². The van der Waals surface area contributed by atoms with Gasteiger partial charge in [-0.15, -0.1) is 0 Å². The van der Waals surface area contributed by atoms with Crippen molar-refractivity contribution in [2.45, 2.75) is 38.5 Å². The fourth-order valence-corrected chi connectivity index (χ4v) is 4.48. The number of benzene rings is 1. The molecule has 2 aliphatic heterocycles. The monoisotopic (exact) mass is 493 g/mol. The van der Waals surface area contributed by atoms with Crippen LogP contribution in [0.4, 0.5) is 17.5 Å². The standard InChI is InChI=1S/C25H31N7O4/c1-4-21(33)28-19-9-10-31(14-19)25-27-11-20(22(26)34)23(30-25)29-18-7-5-17(6-8-18)24(35)32-12-15(2)36-16(3)13-32/h4-8,11,15-16,19H,1,9-10,12-14H2,2-3H3,(H2,26,34)(H,28,33)(H,27,29,30)/t15?,16?,19-/m0/s1. The molecule has 0 spiro atoms. The maximum absolute atomic E-state index is 12.9. The molecule has 0 radical (unpaired) electrons. The summed E-state index contributed by atoms with van der Waals surface area (Å²) in [7, 11) is 0. The van der Waals surface area contributed by atoms with E-state index in [4.69, 9.17) is 10.5 Å². The van der Waals surface area contributed by atoms with Gasteiger partial charge < -0.3 is 30.9 Å². The molecule has 1 aromatic heterocycles. The molecule has 11 nitrogen and oxygen atoms in total. The molecule has 2 aliphatic rings. The summed E-state index contributed by atoms with van der Waals surface area (Å²) in [5, 5.41) is 6.00. The number of amides is 3.